The van der Waals surface area contributed by atoms with Crippen molar-refractivity contribution in [3.8, 4) is 11.1 Å². The number of hydrogen-bond donors (Lipinski definition) is 0. The van der Waals surface area contributed by atoms with Crippen LogP contribution >= 0.6 is 0 Å². The van der Waals surface area contributed by atoms with Crippen molar-refractivity contribution in [2.45, 2.75) is 55.4 Å². The zero-order valence-electron chi connectivity index (χ0n) is 21.8. The topological polar surface area (TPSA) is 0 Å². The first-order valence-electron chi connectivity index (χ1n) is 11.1. The van der Waals surface area contributed by atoms with Gasteiger partial charge < -0.3 is 0 Å². The molecule has 0 aliphatic carbocycles. The van der Waals surface area contributed by atoms with Crippen LogP contribution in [0.25, 0.3) is 21.9 Å². The van der Waals surface area contributed by atoms with Crippen LogP contribution in [0.3, 0.4) is 0 Å². The summed E-state index contributed by atoms with van der Waals surface area (Å²) >= 11 is 0. The summed E-state index contributed by atoms with van der Waals surface area (Å²) in [5.74, 6) is 0. The second-order valence-corrected chi connectivity index (χ2v) is 4.72. The molecule has 0 spiro atoms. The van der Waals surface area contributed by atoms with E-state index in [1.54, 1.807) is 0 Å². The van der Waals surface area contributed by atoms with Crippen LogP contribution in [0.15, 0.2) is 84.9 Å². The fraction of sp³-hybridized carbons (Fsp3) is 0.267. The third-order valence-electron chi connectivity index (χ3n) is 3.20. The Balaban J connectivity index is -0.000000114. The SMILES string of the molecule is CC.CC.CC.CC.[Y].[Y].[Y].[c-]1cccc2ccc[c-]c12.[c-]1ccccc1-c1[c-]cccc1. The monoisotopic (exact) mass is 665 g/mol. The first kappa shape index (κ1) is 43.5. The molecule has 4 rings (SSSR count). The summed E-state index contributed by atoms with van der Waals surface area (Å²) in [5, 5.41) is 2.26. The Hall–Kier alpha value is 0.452. The molecule has 0 N–H and O–H groups in total. The summed E-state index contributed by atoms with van der Waals surface area (Å²) in [4.78, 5) is 0. The van der Waals surface area contributed by atoms with Crippen LogP contribution in [0.1, 0.15) is 55.4 Å². The maximum Gasteiger partial charge on any atom is 0 e. The van der Waals surface area contributed by atoms with E-state index >= 15 is 0 Å². The maximum absolute atomic E-state index is 3.15. The number of fused-ring (bicyclic) bond motifs is 1. The van der Waals surface area contributed by atoms with Gasteiger partial charge in [-0.1, -0.05) is 61.5 Å². The molecule has 0 bridgehead atoms. The van der Waals surface area contributed by atoms with Gasteiger partial charge in [0.1, 0.15) is 0 Å². The molecule has 33 heavy (non-hydrogen) atoms. The van der Waals surface area contributed by atoms with E-state index in [9.17, 15) is 0 Å². The predicted molar refractivity (Wildman–Crippen MR) is 137 cm³/mol. The minimum Gasteiger partial charge on any atom is -0.286 e. The van der Waals surface area contributed by atoms with Crippen molar-refractivity contribution >= 4 is 10.8 Å². The third-order valence-corrected chi connectivity index (χ3v) is 3.20. The van der Waals surface area contributed by atoms with Gasteiger partial charge in [-0.05, 0) is 0 Å². The molecule has 4 aromatic carbocycles. The smallest absolute Gasteiger partial charge is 0 e. The maximum atomic E-state index is 3.15. The normalized spacial score (nSPS) is 7.27. The van der Waals surface area contributed by atoms with Gasteiger partial charge in [-0.2, -0.15) is 54.6 Å². The van der Waals surface area contributed by atoms with Crippen molar-refractivity contribution in [1.82, 2.24) is 0 Å². The van der Waals surface area contributed by atoms with Crippen molar-refractivity contribution in [1.29, 1.82) is 0 Å². The van der Waals surface area contributed by atoms with E-state index in [1.807, 2.05) is 128 Å². The van der Waals surface area contributed by atoms with Crippen LogP contribution in [-0.4, -0.2) is 0 Å². The molecule has 0 atom stereocenters. The van der Waals surface area contributed by atoms with Gasteiger partial charge in [0.25, 0.3) is 0 Å². The first-order chi connectivity index (χ1) is 14.9. The number of benzene rings is 4. The summed E-state index contributed by atoms with van der Waals surface area (Å²) in [6.45, 7) is 16.0. The van der Waals surface area contributed by atoms with Gasteiger partial charge in [0.15, 0.2) is 0 Å². The molecule has 0 saturated heterocycles. The van der Waals surface area contributed by atoms with E-state index in [0.29, 0.717) is 0 Å². The van der Waals surface area contributed by atoms with Gasteiger partial charge in [-0.3, -0.25) is 17.5 Å². The molecule has 171 valence electrons. The Morgan fingerprint density at radius 1 is 0.394 bits per heavy atom. The molecule has 0 fully saturated rings. The Bertz CT molecular complexity index is 729. The summed E-state index contributed by atoms with van der Waals surface area (Å²) in [5.41, 5.74) is 2.19. The van der Waals surface area contributed by atoms with Crippen LogP contribution in [0, 0.1) is 24.3 Å². The predicted octanol–water partition coefficient (Wildman–Crippen LogP) is 9.49. The molecule has 0 amide bonds. The van der Waals surface area contributed by atoms with E-state index in [1.165, 1.54) is 5.39 Å². The molecule has 0 aromatic heterocycles. The summed E-state index contributed by atoms with van der Waals surface area (Å²) in [6.07, 6.45) is 0. The second-order valence-electron chi connectivity index (χ2n) is 4.72. The Kier molecular flexibility index (Phi) is 45.7. The fourth-order valence-electron chi connectivity index (χ4n) is 2.12. The van der Waals surface area contributed by atoms with Crippen molar-refractivity contribution in [2.24, 2.45) is 0 Å². The quantitative estimate of drug-likeness (QED) is 0.178. The van der Waals surface area contributed by atoms with Crippen LogP contribution in [0.2, 0.25) is 0 Å². The van der Waals surface area contributed by atoms with Crippen molar-refractivity contribution in [2.75, 3.05) is 0 Å². The molecule has 0 heterocycles. The summed E-state index contributed by atoms with van der Waals surface area (Å²) < 4.78 is 0. The van der Waals surface area contributed by atoms with Gasteiger partial charge in [-0.25, -0.2) is 34.7 Å². The Labute approximate surface area is 280 Å². The third kappa shape index (κ3) is 20.4. The van der Waals surface area contributed by atoms with Gasteiger partial charge in [0.2, 0.25) is 0 Å². The van der Waals surface area contributed by atoms with E-state index in [2.05, 4.69) is 36.4 Å². The van der Waals surface area contributed by atoms with Crippen molar-refractivity contribution < 1.29 is 98.1 Å². The number of rotatable bonds is 1. The van der Waals surface area contributed by atoms with Crippen molar-refractivity contribution in [3.05, 3.63) is 109 Å². The summed E-state index contributed by atoms with van der Waals surface area (Å²) in [7, 11) is 0. The Morgan fingerprint density at radius 3 is 1.00 bits per heavy atom. The van der Waals surface area contributed by atoms with E-state index < -0.39 is 0 Å². The molecular weight excluding hydrogens is 627 g/mol. The molecular formula is C30H38Y3-4. The molecule has 0 aliphatic rings. The van der Waals surface area contributed by atoms with Gasteiger partial charge in [0, 0.05) is 98.1 Å². The molecule has 3 radical (unpaired) electrons. The van der Waals surface area contributed by atoms with Crippen LogP contribution in [0.5, 0.6) is 0 Å². The minimum absolute atomic E-state index is 0. The van der Waals surface area contributed by atoms with Crippen LogP contribution in [-0.2, 0) is 98.1 Å². The molecule has 0 unspecified atom stereocenters. The standard InChI is InChI=1S/C12H8.C10H6.4C2H6.3Y/c1-3-7-11(8-4-1)12-9-5-2-6-10-12;1-2-6-10-8-4-3-7-9(10)5-1;4*1-2;;;/h1-7,9H;1-5,7H;4*1-2H3;;;/q2*-2;;;;;;;. The molecule has 0 nitrogen and oxygen atoms in total. The van der Waals surface area contributed by atoms with Crippen molar-refractivity contribution in [3.63, 3.8) is 0 Å². The minimum atomic E-state index is 0. The molecule has 3 heteroatoms. The number of hydrogen-bond acceptors (Lipinski definition) is 0. The first-order valence-corrected chi connectivity index (χ1v) is 11.1. The largest absolute Gasteiger partial charge is 0.286 e. The van der Waals surface area contributed by atoms with E-state index in [4.69, 9.17) is 0 Å². The molecule has 0 saturated carbocycles. The van der Waals surface area contributed by atoms with Crippen LogP contribution in [0.4, 0.5) is 0 Å². The molecule has 4 aromatic rings. The Morgan fingerprint density at radius 2 is 0.727 bits per heavy atom. The zero-order valence-corrected chi connectivity index (χ0v) is 30.3. The van der Waals surface area contributed by atoms with E-state index in [0.717, 1.165) is 16.5 Å². The fourth-order valence-corrected chi connectivity index (χ4v) is 2.12. The molecule has 0 aliphatic heterocycles. The van der Waals surface area contributed by atoms with Crippen LogP contribution < -0.4 is 0 Å². The average molecular weight is 665 g/mol. The summed E-state index contributed by atoms with van der Waals surface area (Å²) in [6, 6.07) is 40.2. The van der Waals surface area contributed by atoms with E-state index in [-0.39, 0.29) is 98.1 Å². The van der Waals surface area contributed by atoms with Gasteiger partial charge in [-0.15, -0.1) is 18.2 Å². The average Bonchev–Trinajstić information content (AvgIpc) is 2.90. The zero-order chi connectivity index (χ0) is 23.0. The van der Waals surface area contributed by atoms with Gasteiger partial charge >= 0.3 is 0 Å². The second kappa shape index (κ2) is 34.6. The van der Waals surface area contributed by atoms with Gasteiger partial charge in [0.05, 0.1) is 0 Å².